The van der Waals surface area contributed by atoms with E-state index in [9.17, 15) is 18.0 Å². The normalized spacial score (nSPS) is 12.6. The van der Waals surface area contributed by atoms with Crippen LogP contribution < -0.4 is 14.8 Å². The third-order valence-electron chi connectivity index (χ3n) is 3.74. The molecule has 0 fully saturated rings. The Balaban J connectivity index is 2.03. The van der Waals surface area contributed by atoms with Crippen molar-refractivity contribution in [2.24, 2.45) is 0 Å². The number of anilines is 1. The average Bonchev–Trinajstić information content (AvgIpc) is 2.60. The molecule has 1 N–H and O–H groups in total. The smallest absolute Gasteiger partial charge is 0.422 e. The molecule has 0 bridgehead atoms. The van der Waals surface area contributed by atoms with E-state index in [1.807, 2.05) is 32.0 Å². The predicted molar refractivity (Wildman–Crippen MR) is 97.2 cm³/mol. The predicted octanol–water partition coefficient (Wildman–Crippen LogP) is 5.16. The summed E-state index contributed by atoms with van der Waals surface area (Å²) in [5, 5.41) is 2.55. The second-order valence-corrected chi connectivity index (χ2v) is 6.38. The van der Waals surface area contributed by atoms with Crippen LogP contribution in [0.5, 0.6) is 11.5 Å². The summed E-state index contributed by atoms with van der Waals surface area (Å²) >= 11 is 0. The molecule has 2 rings (SSSR count). The van der Waals surface area contributed by atoms with Gasteiger partial charge in [-0.1, -0.05) is 38.1 Å². The van der Waals surface area contributed by atoms with Crippen LogP contribution in [-0.2, 0) is 4.79 Å². The monoisotopic (exact) mass is 381 g/mol. The Labute approximate surface area is 156 Å². The van der Waals surface area contributed by atoms with Crippen molar-refractivity contribution < 1.29 is 27.4 Å². The zero-order valence-corrected chi connectivity index (χ0v) is 15.3. The number of rotatable bonds is 7. The zero-order chi connectivity index (χ0) is 20.0. The van der Waals surface area contributed by atoms with Crippen LogP contribution in [-0.4, -0.2) is 24.8 Å². The van der Waals surface area contributed by atoms with E-state index >= 15 is 0 Å². The van der Waals surface area contributed by atoms with Crippen molar-refractivity contribution in [3.8, 4) is 11.5 Å². The summed E-state index contributed by atoms with van der Waals surface area (Å²) in [6.07, 6.45) is -5.31. The van der Waals surface area contributed by atoms with Gasteiger partial charge >= 0.3 is 6.18 Å². The third-order valence-corrected chi connectivity index (χ3v) is 3.74. The first-order valence-corrected chi connectivity index (χ1v) is 8.52. The van der Waals surface area contributed by atoms with Crippen molar-refractivity contribution in [1.29, 1.82) is 0 Å². The Kier molecular flexibility index (Phi) is 6.71. The van der Waals surface area contributed by atoms with Crippen LogP contribution in [0.25, 0.3) is 0 Å². The van der Waals surface area contributed by atoms with Crippen molar-refractivity contribution >= 4 is 11.6 Å². The summed E-state index contributed by atoms with van der Waals surface area (Å²) in [6, 6.07) is 13.4. The van der Waals surface area contributed by atoms with Gasteiger partial charge in [-0.05, 0) is 42.7 Å². The van der Waals surface area contributed by atoms with E-state index in [1.54, 1.807) is 19.1 Å². The number of nitrogens with one attached hydrogen (secondary N) is 1. The number of ether oxygens (including phenoxy) is 2. The Morgan fingerprint density at radius 2 is 1.78 bits per heavy atom. The maximum atomic E-state index is 12.4. The van der Waals surface area contributed by atoms with Crippen LogP contribution in [0.15, 0.2) is 48.5 Å². The lowest BCUT2D eigenvalue weighted by Gasteiger charge is -2.18. The van der Waals surface area contributed by atoms with E-state index in [0.29, 0.717) is 11.7 Å². The van der Waals surface area contributed by atoms with E-state index in [1.165, 1.54) is 18.2 Å². The van der Waals surface area contributed by atoms with E-state index in [4.69, 9.17) is 9.47 Å². The van der Waals surface area contributed by atoms with Crippen molar-refractivity contribution in [2.45, 2.75) is 39.0 Å². The topological polar surface area (TPSA) is 47.6 Å². The molecule has 4 nitrogen and oxygen atoms in total. The molecular weight excluding hydrogens is 359 g/mol. The molecule has 1 amide bonds. The van der Waals surface area contributed by atoms with Crippen LogP contribution in [0.4, 0.5) is 18.9 Å². The number of alkyl halides is 3. The van der Waals surface area contributed by atoms with E-state index in [-0.39, 0.29) is 11.4 Å². The molecule has 0 saturated carbocycles. The molecule has 1 unspecified atom stereocenters. The number of amides is 1. The summed E-state index contributed by atoms with van der Waals surface area (Å²) in [5.41, 5.74) is 1.23. The average molecular weight is 381 g/mol. The van der Waals surface area contributed by atoms with Gasteiger partial charge in [-0.25, -0.2) is 0 Å². The molecule has 146 valence electrons. The summed E-state index contributed by atoms with van der Waals surface area (Å²) in [6.45, 7) is 4.23. The van der Waals surface area contributed by atoms with Gasteiger partial charge in [-0.3, -0.25) is 4.79 Å². The minimum atomic E-state index is -4.46. The van der Waals surface area contributed by atoms with Gasteiger partial charge in [-0.15, -0.1) is 0 Å². The van der Waals surface area contributed by atoms with Crippen LogP contribution in [0.3, 0.4) is 0 Å². The quantitative estimate of drug-likeness (QED) is 0.721. The van der Waals surface area contributed by atoms with Gasteiger partial charge < -0.3 is 14.8 Å². The second kappa shape index (κ2) is 8.79. The third kappa shape index (κ3) is 6.51. The second-order valence-electron chi connectivity index (χ2n) is 6.38. The molecular formula is C20H22F3NO3. The highest BCUT2D eigenvalue weighted by Crippen LogP contribution is 2.27. The van der Waals surface area contributed by atoms with Gasteiger partial charge in [0.25, 0.3) is 5.91 Å². The highest BCUT2D eigenvalue weighted by molar-refractivity contribution is 5.95. The largest absolute Gasteiger partial charge is 0.482 e. The fourth-order valence-corrected chi connectivity index (χ4v) is 2.29. The van der Waals surface area contributed by atoms with E-state index < -0.39 is 24.8 Å². The molecule has 27 heavy (non-hydrogen) atoms. The first kappa shape index (κ1) is 20.6. The highest BCUT2D eigenvalue weighted by atomic mass is 19.4. The van der Waals surface area contributed by atoms with Gasteiger partial charge in [0.05, 0.1) is 5.69 Å². The first-order valence-electron chi connectivity index (χ1n) is 8.52. The molecule has 1 atom stereocenters. The number of carbonyl (C=O) groups excluding carboxylic acids is 1. The van der Waals surface area contributed by atoms with Crippen LogP contribution in [0.2, 0.25) is 0 Å². The van der Waals surface area contributed by atoms with Crippen molar-refractivity contribution in [1.82, 2.24) is 0 Å². The molecule has 7 heteroatoms. The zero-order valence-electron chi connectivity index (χ0n) is 15.3. The molecule has 0 aliphatic heterocycles. The standard InChI is InChI=1S/C20H22F3NO3/c1-13(2)15-7-6-8-16(11-15)27-14(3)19(25)24-17-9-4-5-10-18(17)26-12-20(21,22)23/h4-11,13-14H,12H2,1-3H3,(H,24,25). The maximum Gasteiger partial charge on any atom is 0.422 e. The number of benzene rings is 2. The van der Waals surface area contributed by atoms with Gasteiger partial charge in [0.2, 0.25) is 0 Å². The van der Waals surface area contributed by atoms with Crippen molar-refractivity contribution in [3.63, 3.8) is 0 Å². The number of hydrogen-bond donors (Lipinski definition) is 1. The molecule has 2 aromatic carbocycles. The van der Waals surface area contributed by atoms with Crippen LogP contribution >= 0.6 is 0 Å². The van der Waals surface area contributed by atoms with Crippen molar-refractivity contribution in [2.75, 3.05) is 11.9 Å². The maximum absolute atomic E-state index is 12.4. The molecule has 0 saturated heterocycles. The minimum Gasteiger partial charge on any atom is -0.482 e. The molecule has 0 spiro atoms. The van der Waals surface area contributed by atoms with Crippen LogP contribution in [0, 0.1) is 0 Å². The highest BCUT2D eigenvalue weighted by Gasteiger charge is 2.29. The van der Waals surface area contributed by atoms with E-state index in [0.717, 1.165) is 5.56 Å². The molecule has 0 aliphatic rings. The minimum absolute atomic E-state index is 0.0582. The number of para-hydroxylation sites is 2. The van der Waals surface area contributed by atoms with Crippen molar-refractivity contribution in [3.05, 3.63) is 54.1 Å². The SMILES string of the molecule is CC(Oc1cccc(C(C)C)c1)C(=O)Nc1ccccc1OCC(F)(F)F. The Morgan fingerprint density at radius 3 is 2.44 bits per heavy atom. The molecule has 0 radical (unpaired) electrons. The molecule has 0 aliphatic carbocycles. The Bertz CT molecular complexity index is 775. The van der Waals surface area contributed by atoms with Gasteiger partial charge in [0, 0.05) is 0 Å². The Hall–Kier alpha value is -2.70. The Morgan fingerprint density at radius 1 is 1.07 bits per heavy atom. The van der Waals surface area contributed by atoms with Gasteiger partial charge in [-0.2, -0.15) is 13.2 Å². The fourth-order valence-electron chi connectivity index (χ4n) is 2.29. The lowest BCUT2D eigenvalue weighted by Crippen LogP contribution is -2.30. The fraction of sp³-hybridized carbons (Fsp3) is 0.350. The first-order chi connectivity index (χ1) is 12.7. The molecule has 2 aromatic rings. The lowest BCUT2D eigenvalue weighted by molar-refractivity contribution is -0.153. The summed E-state index contributed by atoms with van der Waals surface area (Å²) in [5.74, 6) is 0.311. The number of hydrogen-bond acceptors (Lipinski definition) is 3. The van der Waals surface area contributed by atoms with E-state index in [2.05, 4.69) is 5.32 Å². The van der Waals surface area contributed by atoms with Gasteiger partial charge in [0.1, 0.15) is 11.5 Å². The summed E-state index contributed by atoms with van der Waals surface area (Å²) < 4.78 is 47.5. The van der Waals surface area contributed by atoms with Crippen LogP contribution in [0.1, 0.15) is 32.3 Å². The molecule has 0 heterocycles. The summed E-state index contributed by atoms with van der Waals surface area (Å²) in [4.78, 5) is 12.4. The lowest BCUT2D eigenvalue weighted by atomic mass is 10.0. The summed E-state index contributed by atoms with van der Waals surface area (Å²) in [7, 11) is 0. The molecule has 0 aromatic heterocycles. The van der Waals surface area contributed by atoms with Gasteiger partial charge in [0.15, 0.2) is 12.7 Å². The number of carbonyl (C=O) groups is 1. The number of halogens is 3.